The Hall–Kier alpha value is -2.44. The third kappa shape index (κ3) is 2.98. The van der Waals surface area contributed by atoms with Crippen molar-refractivity contribution in [3.63, 3.8) is 0 Å². The summed E-state index contributed by atoms with van der Waals surface area (Å²) in [5.74, 6) is 0. The van der Waals surface area contributed by atoms with Crippen LogP contribution < -0.4 is 4.90 Å². The number of rotatable bonds is 2. The number of pyridine rings is 2. The highest BCUT2D eigenvalue weighted by molar-refractivity contribution is 5.93. The Morgan fingerprint density at radius 1 is 1.38 bits per heavy atom. The summed E-state index contributed by atoms with van der Waals surface area (Å²) in [5.41, 5.74) is 0.856. The molecule has 9 heteroatoms. The first kappa shape index (κ1) is 16.4. The fourth-order valence-electron chi connectivity index (χ4n) is 2.71. The van der Waals surface area contributed by atoms with Gasteiger partial charge in [0, 0.05) is 18.1 Å². The van der Waals surface area contributed by atoms with Gasteiger partial charge in [0.2, 0.25) is 0 Å². The van der Waals surface area contributed by atoms with E-state index in [1.54, 1.807) is 12.1 Å². The van der Waals surface area contributed by atoms with Crippen molar-refractivity contribution in [2.24, 2.45) is 0 Å². The number of nitrogens with zero attached hydrogens (tertiary/aromatic N) is 4. The van der Waals surface area contributed by atoms with Crippen LogP contribution >= 0.6 is 0 Å². The highest BCUT2D eigenvalue weighted by atomic mass is 19.4. The molecule has 0 unspecified atom stereocenters. The summed E-state index contributed by atoms with van der Waals surface area (Å²) in [4.78, 5) is 9.55. The highest BCUT2D eigenvalue weighted by Gasteiger charge is 2.46. The molecule has 1 saturated heterocycles. The van der Waals surface area contributed by atoms with Gasteiger partial charge in [0.25, 0.3) is 0 Å². The third-order valence-electron chi connectivity index (χ3n) is 3.81. The van der Waals surface area contributed by atoms with Gasteiger partial charge in [-0.1, -0.05) is 0 Å². The van der Waals surface area contributed by atoms with Gasteiger partial charge in [0.05, 0.1) is 31.1 Å². The lowest BCUT2D eigenvalue weighted by atomic mass is 10.1. The van der Waals surface area contributed by atoms with E-state index in [0.29, 0.717) is 16.6 Å². The summed E-state index contributed by atoms with van der Waals surface area (Å²) < 4.78 is 44.1. The van der Waals surface area contributed by atoms with Gasteiger partial charge in [-0.2, -0.15) is 18.4 Å². The number of alkyl halides is 3. The first-order chi connectivity index (χ1) is 11.4. The van der Waals surface area contributed by atoms with Crippen molar-refractivity contribution in [3.05, 3.63) is 30.2 Å². The van der Waals surface area contributed by atoms with E-state index in [-0.39, 0.29) is 12.2 Å². The van der Waals surface area contributed by atoms with Gasteiger partial charge in [-0.25, -0.2) is 4.98 Å². The molecule has 0 aromatic carbocycles. The standard InChI is InChI=1S/C15H13F3N4O2/c16-15(17,18)13-7-22(6-9(8-23)24-13)12-5-21-11(4-19)14-10(12)2-1-3-20-14/h1-3,5,9,13,23H,6-8H2/t9-,13+/m1/s1. The molecule has 24 heavy (non-hydrogen) atoms. The van der Waals surface area contributed by atoms with E-state index in [4.69, 9.17) is 10.00 Å². The van der Waals surface area contributed by atoms with E-state index < -0.39 is 31.5 Å². The zero-order valence-corrected chi connectivity index (χ0v) is 12.4. The van der Waals surface area contributed by atoms with Crippen LogP contribution in [-0.4, -0.2) is 53.2 Å². The molecule has 1 aliphatic rings. The van der Waals surface area contributed by atoms with Crippen LogP contribution in [-0.2, 0) is 4.74 Å². The van der Waals surface area contributed by atoms with Crippen molar-refractivity contribution in [2.45, 2.75) is 18.4 Å². The largest absolute Gasteiger partial charge is 0.416 e. The second kappa shape index (κ2) is 6.22. The number of ether oxygens (including phenoxy) is 1. The Morgan fingerprint density at radius 3 is 2.83 bits per heavy atom. The summed E-state index contributed by atoms with van der Waals surface area (Å²) >= 11 is 0. The maximum absolute atomic E-state index is 13.1. The third-order valence-corrected chi connectivity index (χ3v) is 3.81. The Bertz CT molecular complexity index is 790. The topological polar surface area (TPSA) is 82.3 Å². The maximum Gasteiger partial charge on any atom is 0.416 e. The molecular formula is C15H13F3N4O2. The molecule has 126 valence electrons. The molecule has 0 radical (unpaired) electrons. The molecule has 0 saturated carbocycles. The molecule has 6 nitrogen and oxygen atoms in total. The summed E-state index contributed by atoms with van der Waals surface area (Å²) in [6.45, 7) is -0.860. The second-order valence-electron chi connectivity index (χ2n) is 5.38. The van der Waals surface area contributed by atoms with Crippen LogP contribution in [0.3, 0.4) is 0 Å². The van der Waals surface area contributed by atoms with Crippen LogP contribution in [0.4, 0.5) is 18.9 Å². The molecule has 1 N–H and O–H groups in total. The van der Waals surface area contributed by atoms with Crippen LogP contribution in [0.5, 0.6) is 0 Å². The SMILES string of the molecule is N#Cc1ncc(N2C[C@H](CO)O[C@H](C(F)(F)F)C2)c2cccnc12. The van der Waals surface area contributed by atoms with Gasteiger partial charge in [-0.3, -0.25) is 4.98 Å². The smallest absolute Gasteiger partial charge is 0.394 e. The summed E-state index contributed by atoms with van der Waals surface area (Å²) in [6, 6.07) is 5.23. The molecule has 3 heterocycles. The molecule has 2 atom stereocenters. The average Bonchev–Trinajstić information content (AvgIpc) is 2.59. The lowest BCUT2D eigenvalue weighted by molar-refractivity contribution is -0.238. The second-order valence-corrected chi connectivity index (χ2v) is 5.38. The zero-order chi connectivity index (χ0) is 17.3. The van der Waals surface area contributed by atoms with Crippen LogP contribution in [0.1, 0.15) is 5.69 Å². The predicted octanol–water partition coefficient (Wildman–Crippen LogP) is 1.63. The molecule has 0 bridgehead atoms. The van der Waals surface area contributed by atoms with E-state index >= 15 is 0 Å². The molecule has 0 amide bonds. The van der Waals surface area contributed by atoms with Crippen molar-refractivity contribution in [2.75, 3.05) is 24.6 Å². The molecule has 1 aliphatic heterocycles. The van der Waals surface area contributed by atoms with Crippen LogP contribution in [0, 0.1) is 11.3 Å². The highest BCUT2D eigenvalue weighted by Crippen LogP contribution is 2.33. The molecule has 0 spiro atoms. The summed E-state index contributed by atoms with van der Waals surface area (Å²) in [7, 11) is 0. The molecular weight excluding hydrogens is 325 g/mol. The molecule has 2 aromatic rings. The van der Waals surface area contributed by atoms with Gasteiger partial charge in [-0.15, -0.1) is 0 Å². The Kier molecular flexibility index (Phi) is 4.26. The maximum atomic E-state index is 13.1. The number of anilines is 1. The number of fused-ring (bicyclic) bond motifs is 1. The van der Waals surface area contributed by atoms with Gasteiger partial charge in [-0.05, 0) is 12.1 Å². The van der Waals surface area contributed by atoms with Crippen LogP contribution in [0.15, 0.2) is 24.5 Å². The Labute approximate surface area is 135 Å². The van der Waals surface area contributed by atoms with E-state index in [0.717, 1.165) is 0 Å². The minimum atomic E-state index is -4.54. The first-order valence-corrected chi connectivity index (χ1v) is 7.16. The quantitative estimate of drug-likeness (QED) is 0.896. The number of nitriles is 1. The zero-order valence-electron chi connectivity index (χ0n) is 12.4. The number of aromatic nitrogens is 2. The Morgan fingerprint density at radius 2 is 2.17 bits per heavy atom. The van der Waals surface area contributed by atoms with Crippen molar-refractivity contribution in [3.8, 4) is 6.07 Å². The van der Waals surface area contributed by atoms with Crippen molar-refractivity contribution >= 4 is 16.6 Å². The van der Waals surface area contributed by atoms with Gasteiger partial charge < -0.3 is 14.7 Å². The molecule has 3 rings (SSSR count). The summed E-state index contributed by atoms with van der Waals surface area (Å²) in [5, 5.41) is 18.9. The van der Waals surface area contributed by atoms with Crippen molar-refractivity contribution in [1.29, 1.82) is 5.26 Å². The average molecular weight is 338 g/mol. The van der Waals surface area contributed by atoms with E-state index in [2.05, 4.69) is 9.97 Å². The van der Waals surface area contributed by atoms with Gasteiger partial charge >= 0.3 is 6.18 Å². The minimum Gasteiger partial charge on any atom is -0.394 e. The number of aliphatic hydroxyl groups is 1. The molecule has 2 aromatic heterocycles. The summed E-state index contributed by atoms with van der Waals surface area (Å²) in [6.07, 6.45) is -4.67. The first-order valence-electron chi connectivity index (χ1n) is 7.16. The van der Waals surface area contributed by atoms with Crippen molar-refractivity contribution in [1.82, 2.24) is 9.97 Å². The number of morpholine rings is 1. The van der Waals surface area contributed by atoms with E-state index in [9.17, 15) is 18.3 Å². The van der Waals surface area contributed by atoms with Crippen LogP contribution in [0.25, 0.3) is 10.9 Å². The number of halogens is 3. The fourth-order valence-corrected chi connectivity index (χ4v) is 2.71. The van der Waals surface area contributed by atoms with Gasteiger partial charge in [0.15, 0.2) is 11.8 Å². The predicted molar refractivity (Wildman–Crippen MR) is 78.3 cm³/mol. The number of hydrogen-bond acceptors (Lipinski definition) is 6. The fraction of sp³-hybridized carbons (Fsp3) is 0.400. The molecule has 0 aliphatic carbocycles. The van der Waals surface area contributed by atoms with E-state index in [1.807, 2.05) is 6.07 Å². The van der Waals surface area contributed by atoms with Crippen LogP contribution in [0.2, 0.25) is 0 Å². The van der Waals surface area contributed by atoms with E-state index in [1.165, 1.54) is 17.3 Å². The lowest BCUT2D eigenvalue weighted by Gasteiger charge is -2.39. The number of hydrogen-bond donors (Lipinski definition) is 1. The minimum absolute atomic E-state index is 0.0840. The normalized spacial score (nSPS) is 21.7. The Balaban J connectivity index is 2.05. The van der Waals surface area contributed by atoms with Gasteiger partial charge in [0.1, 0.15) is 11.6 Å². The lowest BCUT2D eigenvalue weighted by Crippen LogP contribution is -2.54. The number of aliphatic hydroxyl groups excluding tert-OH is 1. The molecule has 1 fully saturated rings. The monoisotopic (exact) mass is 338 g/mol. The van der Waals surface area contributed by atoms with Crippen molar-refractivity contribution < 1.29 is 23.0 Å².